The molecule has 0 aliphatic rings. The standard InChI is InChI=1S/C11H27O3SSi2/c1-10(15(7,8)16)17(12-5,13-6)14-9-11(2,3)4/h10H,9H2,1-8H3. The molecule has 17 heavy (non-hydrogen) atoms. The van der Waals surface area contributed by atoms with E-state index in [1.165, 1.54) is 0 Å². The quantitative estimate of drug-likeness (QED) is 0.704. The monoisotopic (exact) mass is 295 g/mol. The summed E-state index contributed by atoms with van der Waals surface area (Å²) < 4.78 is 17.4. The van der Waals surface area contributed by atoms with E-state index in [0.717, 1.165) is 0 Å². The van der Waals surface area contributed by atoms with Crippen LogP contribution >= 0.6 is 9.48 Å². The molecule has 0 aromatic rings. The maximum atomic E-state index is 6.06. The fourth-order valence-electron chi connectivity index (χ4n) is 1.33. The third kappa shape index (κ3) is 5.44. The molecule has 0 aromatic heterocycles. The first-order valence-corrected chi connectivity index (χ1v) is 11.2. The van der Waals surface area contributed by atoms with Crippen LogP contribution in [0.4, 0.5) is 0 Å². The van der Waals surface area contributed by atoms with E-state index in [1.54, 1.807) is 14.2 Å². The van der Waals surface area contributed by atoms with Gasteiger partial charge >= 0.3 is 8.80 Å². The number of hydrogen-bond donors (Lipinski definition) is 0. The van der Waals surface area contributed by atoms with Crippen LogP contribution in [0.5, 0.6) is 0 Å². The van der Waals surface area contributed by atoms with Crippen LogP contribution < -0.4 is 0 Å². The van der Waals surface area contributed by atoms with Crippen molar-refractivity contribution < 1.29 is 13.3 Å². The first-order chi connectivity index (χ1) is 7.48. The van der Waals surface area contributed by atoms with E-state index in [2.05, 4.69) is 49.6 Å². The lowest BCUT2D eigenvalue weighted by molar-refractivity contribution is 0.0651. The molecule has 0 aliphatic carbocycles. The summed E-state index contributed by atoms with van der Waals surface area (Å²) in [6.45, 7) is 9.23. The minimum atomic E-state index is -2.60. The highest BCUT2D eigenvalue weighted by atomic mass is 32.4. The van der Waals surface area contributed by atoms with E-state index >= 15 is 0 Å². The molecule has 0 amide bonds. The number of hydrogen-bond acceptors (Lipinski definition) is 3. The highest BCUT2D eigenvalue weighted by Gasteiger charge is 2.49. The Morgan fingerprint density at radius 2 is 1.59 bits per heavy atom. The SMILES string of the molecule is CO[Si](OC)(OCC(C)(C)C)C(C)S(C)(C)[Si]. The summed E-state index contributed by atoms with van der Waals surface area (Å²) in [5.41, 5.74) is 0.111. The molecule has 0 aliphatic heterocycles. The van der Waals surface area contributed by atoms with Crippen LogP contribution in [0, 0.1) is 5.41 Å². The van der Waals surface area contributed by atoms with E-state index in [9.17, 15) is 0 Å². The molecule has 0 bridgehead atoms. The van der Waals surface area contributed by atoms with Gasteiger partial charge < -0.3 is 13.3 Å². The first kappa shape index (κ1) is 17.7. The van der Waals surface area contributed by atoms with Crippen molar-refractivity contribution in [3.05, 3.63) is 0 Å². The second kappa shape index (κ2) is 6.21. The normalized spacial score (nSPS) is 17.0. The smallest absolute Gasteiger partial charge is 0.376 e. The molecule has 1 unspecified atom stereocenters. The lowest BCUT2D eigenvalue weighted by Crippen LogP contribution is -2.56. The van der Waals surface area contributed by atoms with Crippen LogP contribution in [0.15, 0.2) is 0 Å². The van der Waals surface area contributed by atoms with Crippen molar-refractivity contribution in [2.75, 3.05) is 33.3 Å². The van der Waals surface area contributed by atoms with Gasteiger partial charge in [0.25, 0.3) is 0 Å². The second-order valence-corrected chi connectivity index (χ2v) is 16.2. The first-order valence-electron chi connectivity index (χ1n) is 5.69. The molecule has 0 N–H and O–H groups in total. The molecule has 103 valence electrons. The van der Waals surface area contributed by atoms with Gasteiger partial charge in [-0.3, -0.25) is 9.48 Å². The maximum Gasteiger partial charge on any atom is 0.511 e. The van der Waals surface area contributed by atoms with Crippen molar-refractivity contribution in [3.63, 3.8) is 0 Å². The third-order valence-corrected chi connectivity index (χ3v) is 11.5. The van der Waals surface area contributed by atoms with Crippen LogP contribution in [0.25, 0.3) is 0 Å². The van der Waals surface area contributed by atoms with Crippen LogP contribution in [-0.2, 0) is 13.3 Å². The topological polar surface area (TPSA) is 27.7 Å². The average Bonchev–Trinajstić information content (AvgIpc) is 2.17. The minimum Gasteiger partial charge on any atom is -0.376 e. The summed E-state index contributed by atoms with van der Waals surface area (Å²) in [6, 6.07) is 0. The predicted octanol–water partition coefficient (Wildman–Crippen LogP) is 2.36. The molecule has 0 rings (SSSR count). The van der Waals surface area contributed by atoms with Gasteiger partial charge in [-0.05, 0) is 17.9 Å². The summed E-state index contributed by atoms with van der Waals surface area (Å²) in [5, 5.41) is 0. The zero-order chi connectivity index (χ0) is 13.9. The molecule has 0 saturated heterocycles. The van der Waals surface area contributed by atoms with Gasteiger partial charge in [-0.15, -0.1) is 0 Å². The Kier molecular flexibility index (Phi) is 6.45. The lowest BCUT2D eigenvalue weighted by atomic mass is 9.99. The van der Waals surface area contributed by atoms with Gasteiger partial charge in [-0.25, -0.2) is 0 Å². The predicted molar refractivity (Wildman–Crippen MR) is 79.8 cm³/mol. The zero-order valence-corrected chi connectivity index (χ0v) is 15.2. The van der Waals surface area contributed by atoms with Gasteiger partial charge in [-0.2, -0.15) is 0 Å². The average molecular weight is 296 g/mol. The van der Waals surface area contributed by atoms with E-state index in [-0.39, 0.29) is 10.3 Å². The van der Waals surface area contributed by atoms with Gasteiger partial charge in [0.15, 0.2) is 0 Å². The van der Waals surface area contributed by atoms with E-state index < -0.39 is 18.3 Å². The fraction of sp³-hybridized carbons (Fsp3) is 1.00. The summed E-state index contributed by atoms with van der Waals surface area (Å²) in [5.74, 6) is 0. The molecule has 0 spiro atoms. The summed E-state index contributed by atoms with van der Waals surface area (Å²) in [6.07, 6.45) is 4.38. The highest BCUT2D eigenvalue weighted by Crippen LogP contribution is 2.45. The van der Waals surface area contributed by atoms with E-state index in [0.29, 0.717) is 6.61 Å². The second-order valence-electron chi connectivity index (χ2n) is 5.91. The van der Waals surface area contributed by atoms with Gasteiger partial charge in [0.2, 0.25) is 0 Å². The summed E-state index contributed by atoms with van der Waals surface area (Å²) in [4.78, 5) is 0.254. The molecule has 3 nitrogen and oxygen atoms in total. The van der Waals surface area contributed by atoms with Gasteiger partial charge in [0.1, 0.15) is 0 Å². The Bertz CT molecular complexity index is 232. The van der Waals surface area contributed by atoms with Crippen molar-refractivity contribution in [3.8, 4) is 0 Å². The third-order valence-electron chi connectivity index (χ3n) is 2.66. The molecule has 0 heterocycles. The largest absolute Gasteiger partial charge is 0.511 e. The lowest BCUT2D eigenvalue weighted by Gasteiger charge is -2.42. The van der Waals surface area contributed by atoms with Crippen molar-refractivity contribution in [1.82, 2.24) is 0 Å². The van der Waals surface area contributed by atoms with Crippen LogP contribution in [0.3, 0.4) is 0 Å². The van der Waals surface area contributed by atoms with Gasteiger partial charge in [0, 0.05) is 20.8 Å². The van der Waals surface area contributed by atoms with Crippen molar-refractivity contribution in [2.45, 2.75) is 32.6 Å². The van der Waals surface area contributed by atoms with E-state index in [4.69, 9.17) is 13.3 Å². The molecule has 6 heteroatoms. The van der Waals surface area contributed by atoms with Gasteiger partial charge in [0.05, 0.1) is 14.3 Å². The Labute approximate surface area is 112 Å². The molecular weight excluding hydrogens is 268 g/mol. The Balaban J connectivity index is 4.91. The summed E-state index contributed by atoms with van der Waals surface area (Å²) in [7, 11) is 3.62. The molecule has 3 radical (unpaired) electrons. The molecule has 0 aromatic carbocycles. The molecule has 0 saturated carbocycles. The molecular formula is C11H27O3SSi2. The maximum absolute atomic E-state index is 6.06. The van der Waals surface area contributed by atoms with Crippen molar-refractivity contribution >= 4 is 27.7 Å². The van der Waals surface area contributed by atoms with Crippen LogP contribution in [0.1, 0.15) is 27.7 Å². The van der Waals surface area contributed by atoms with Gasteiger partial charge in [-0.1, -0.05) is 27.7 Å². The highest BCUT2D eigenvalue weighted by molar-refractivity contribution is 8.50. The Morgan fingerprint density at radius 3 is 1.82 bits per heavy atom. The summed E-state index contributed by atoms with van der Waals surface area (Å²) >= 11 is 0. The zero-order valence-electron chi connectivity index (χ0n) is 12.4. The Hall–Kier alpha value is 0.664. The number of rotatable bonds is 6. The van der Waals surface area contributed by atoms with Crippen molar-refractivity contribution in [1.29, 1.82) is 0 Å². The Morgan fingerprint density at radius 1 is 1.18 bits per heavy atom. The molecule has 0 fully saturated rings. The molecule has 1 atom stereocenters. The van der Waals surface area contributed by atoms with E-state index in [1.807, 2.05) is 0 Å². The van der Waals surface area contributed by atoms with Crippen LogP contribution in [-0.4, -0.2) is 56.4 Å². The van der Waals surface area contributed by atoms with Crippen LogP contribution in [0.2, 0.25) is 0 Å². The van der Waals surface area contributed by atoms with Crippen molar-refractivity contribution in [2.24, 2.45) is 5.41 Å². The fourth-order valence-corrected chi connectivity index (χ4v) is 8.23. The minimum absolute atomic E-state index is 0.111.